The van der Waals surface area contributed by atoms with Crippen molar-refractivity contribution in [1.82, 2.24) is 4.90 Å². The van der Waals surface area contributed by atoms with Crippen LogP contribution in [0.15, 0.2) is 18.2 Å². The summed E-state index contributed by atoms with van der Waals surface area (Å²) in [5, 5.41) is 0. The highest BCUT2D eigenvalue weighted by molar-refractivity contribution is 5.77. The van der Waals surface area contributed by atoms with Gasteiger partial charge in [-0.2, -0.15) is 0 Å². The fourth-order valence-electron chi connectivity index (χ4n) is 2.56. The molecule has 0 aliphatic heterocycles. The largest absolute Gasteiger partial charge is 0.496 e. The van der Waals surface area contributed by atoms with Crippen molar-refractivity contribution in [2.75, 3.05) is 26.7 Å². The summed E-state index contributed by atoms with van der Waals surface area (Å²) in [6.07, 6.45) is 1.39. The molecule has 4 heteroatoms. The minimum atomic E-state index is -0.000417. The van der Waals surface area contributed by atoms with Crippen LogP contribution in [0, 0.1) is 0 Å². The van der Waals surface area contributed by atoms with E-state index < -0.39 is 0 Å². The first kappa shape index (κ1) is 17.5. The first-order chi connectivity index (χ1) is 10.1. The number of ether oxygens (including phenoxy) is 1. The van der Waals surface area contributed by atoms with Crippen LogP contribution in [-0.4, -0.2) is 37.6 Å². The van der Waals surface area contributed by atoms with Crippen molar-refractivity contribution in [3.8, 4) is 5.75 Å². The number of carbonyl (C=O) groups is 1. The molecule has 1 unspecified atom stereocenters. The molecule has 2 N–H and O–H groups in total. The van der Waals surface area contributed by atoms with Crippen LogP contribution in [0.2, 0.25) is 0 Å². The second-order valence-corrected chi connectivity index (χ2v) is 5.13. The third-order valence-corrected chi connectivity index (χ3v) is 3.96. The number of hydrogen-bond donors (Lipinski definition) is 1. The van der Waals surface area contributed by atoms with E-state index in [0.29, 0.717) is 13.0 Å². The van der Waals surface area contributed by atoms with Gasteiger partial charge in [0, 0.05) is 25.4 Å². The molecule has 1 aromatic carbocycles. The van der Waals surface area contributed by atoms with Gasteiger partial charge in [-0.1, -0.05) is 19.1 Å². The Labute approximate surface area is 128 Å². The van der Waals surface area contributed by atoms with Crippen molar-refractivity contribution in [1.29, 1.82) is 0 Å². The topological polar surface area (TPSA) is 55.6 Å². The SMILES string of the molecule is CCc1ccc(OC)c(C(CN)CC(=O)N(CC)CC)c1. The Hall–Kier alpha value is -1.55. The van der Waals surface area contributed by atoms with E-state index in [2.05, 4.69) is 19.1 Å². The zero-order valence-electron chi connectivity index (χ0n) is 13.7. The highest BCUT2D eigenvalue weighted by atomic mass is 16.5. The molecule has 0 heterocycles. The summed E-state index contributed by atoms with van der Waals surface area (Å²) >= 11 is 0. The molecule has 0 aliphatic rings. The molecular weight excluding hydrogens is 264 g/mol. The fraction of sp³-hybridized carbons (Fsp3) is 0.588. The number of rotatable bonds is 8. The minimum absolute atomic E-state index is 0.000417. The number of benzene rings is 1. The van der Waals surface area contributed by atoms with Crippen LogP contribution in [0.5, 0.6) is 5.75 Å². The molecule has 21 heavy (non-hydrogen) atoms. The van der Waals surface area contributed by atoms with Crippen molar-refractivity contribution < 1.29 is 9.53 Å². The molecule has 0 aromatic heterocycles. The number of aryl methyl sites for hydroxylation is 1. The van der Waals surface area contributed by atoms with Crippen molar-refractivity contribution >= 4 is 5.91 Å². The van der Waals surface area contributed by atoms with E-state index in [9.17, 15) is 4.79 Å². The molecule has 0 bridgehead atoms. The third-order valence-electron chi connectivity index (χ3n) is 3.96. The van der Waals surface area contributed by atoms with Gasteiger partial charge < -0.3 is 15.4 Å². The average molecular weight is 292 g/mol. The maximum atomic E-state index is 12.3. The molecule has 1 atom stereocenters. The average Bonchev–Trinajstić information content (AvgIpc) is 2.53. The molecule has 1 rings (SSSR count). The molecule has 0 radical (unpaired) electrons. The van der Waals surface area contributed by atoms with E-state index in [0.717, 1.165) is 30.8 Å². The van der Waals surface area contributed by atoms with Gasteiger partial charge in [0.05, 0.1) is 7.11 Å². The molecule has 1 aromatic rings. The number of methoxy groups -OCH3 is 1. The van der Waals surface area contributed by atoms with E-state index in [-0.39, 0.29) is 11.8 Å². The molecule has 118 valence electrons. The lowest BCUT2D eigenvalue weighted by molar-refractivity contribution is -0.131. The second-order valence-electron chi connectivity index (χ2n) is 5.13. The Morgan fingerprint density at radius 3 is 2.43 bits per heavy atom. The molecule has 0 aliphatic carbocycles. The maximum Gasteiger partial charge on any atom is 0.223 e. The van der Waals surface area contributed by atoms with Gasteiger partial charge in [0.1, 0.15) is 5.75 Å². The molecule has 4 nitrogen and oxygen atoms in total. The van der Waals surface area contributed by atoms with Crippen LogP contribution < -0.4 is 10.5 Å². The number of nitrogens with zero attached hydrogens (tertiary/aromatic N) is 1. The van der Waals surface area contributed by atoms with Gasteiger partial charge in [0.2, 0.25) is 5.91 Å². The monoisotopic (exact) mass is 292 g/mol. The summed E-state index contributed by atoms with van der Waals surface area (Å²) in [5.41, 5.74) is 8.20. The molecule has 0 fully saturated rings. The Bertz CT molecular complexity index is 456. The van der Waals surface area contributed by atoms with E-state index >= 15 is 0 Å². The summed E-state index contributed by atoms with van der Waals surface area (Å²) < 4.78 is 5.44. The Kier molecular flexibility index (Phi) is 7.23. The van der Waals surface area contributed by atoms with Crippen molar-refractivity contribution in [2.24, 2.45) is 5.73 Å². The molecule has 1 amide bonds. The lowest BCUT2D eigenvalue weighted by Crippen LogP contribution is -2.32. The van der Waals surface area contributed by atoms with Gasteiger partial charge in [-0.15, -0.1) is 0 Å². The summed E-state index contributed by atoms with van der Waals surface area (Å²) in [7, 11) is 1.66. The van der Waals surface area contributed by atoms with Gasteiger partial charge in [0.15, 0.2) is 0 Å². The van der Waals surface area contributed by atoms with E-state index in [4.69, 9.17) is 10.5 Å². The van der Waals surface area contributed by atoms with Crippen molar-refractivity contribution in [3.05, 3.63) is 29.3 Å². The standard InChI is InChI=1S/C17H28N2O2/c1-5-13-8-9-16(21-4)15(10-13)14(12-18)11-17(20)19(6-2)7-3/h8-10,14H,5-7,11-12,18H2,1-4H3. The van der Waals surface area contributed by atoms with Gasteiger partial charge in [-0.25, -0.2) is 0 Å². The smallest absolute Gasteiger partial charge is 0.223 e. The predicted molar refractivity (Wildman–Crippen MR) is 86.7 cm³/mol. The Morgan fingerprint density at radius 1 is 1.29 bits per heavy atom. The highest BCUT2D eigenvalue weighted by Crippen LogP contribution is 2.30. The summed E-state index contributed by atoms with van der Waals surface area (Å²) in [6, 6.07) is 6.15. The summed E-state index contributed by atoms with van der Waals surface area (Å²) in [6.45, 7) is 8.02. The fourth-order valence-corrected chi connectivity index (χ4v) is 2.56. The number of nitrogens with two attached hydrogens (primary N) is 1. The summed E-state index contributed by atoms with van der Waals surface area (Å²) in [4.78, 5) is 14.2. The molecular formula is C17H28N2O2. The Morgan fingerprint density at radius 2 is 1.95 bits per heavy atom. The molecule has 0 saturated carbocycles. The second kappa shape index (κ2) is 8.67. The van der Waals surface area contributed by atoms with Gasteiger partial charge in [-0.05, 0) is 44.0 Å². The van der Waals surface area contributed by atoms with Gasteiger partial charge >= 0.3 is 0 Å². The first-order valence-corrected chi connectivity index (χ1v) is 7.75. The first-order valence-electron chi connectivity index (χ1n) is 7.75. The van der Waals surface area contributed by atoms with Crippen molar-refractivity contribution in [3.63, 3.8) is 0 Å². The van der Waals surface area contributed by atoms with Crippen LogP contribution in [0.4, 0.5) is 0 Å². The zero-order valence-corrected chi connectivity index (χ0v) is 13.7. The molecule has 0 saturated heterocycles. The van der Waals surface area contributed by atoms with Gasteiger partial charge in [-0.3, -0.25) is 4.79 Å². The lowest BCUT2D eigenvalue weighted by Gasteiger charge is -2.23. The Balaban J connectivity index is 3.01. The van der Waals surface area contributed by atoms with E-state index in [1.165, 1.54) is 5.56 Å². The van der Waals surface area contributed by atoms with Crippen LogP contribution in [0.1, 0.15) is 44.2 Å². The maximum absolute atomic E-state index is 12.3. The van der Waals surface area contributed by atoms with Crippen LogP contribution in [0.3, 0.4) is 0 Å². The van der Waals surface area contributed by atoms with Crippen LogP contribution in [0.25, 0.3) is 0 Å². The normalized spacial score (nSPS) is 12.0. The minimum Gasteiger partial charge on any atom is -0.496 e. The van der Waals surface area contributed by atoms with Crippen molar-refractivity contribution in [2.45, 2.75) is 39.5 Å². The van der Waals surface area contributed by atoms with E-state index in [1.807, 2.05) is 24.8 Å². The number of amides is 1. The number of carbonyl (C=O) groups excluding carboxylic acids is 1. The van der Waals surface area contributed by atoms with Crippen LogP contribution >= 0.6 is 0 Å². The third kappa shape index (κ3) is 4.46. The number of hydrogen-bond acceptors (Lipinski definition) is 3. The van der Waals surface area contributed by atoms with E-state index in [1.54, 1.807) is 7.11 Å². The highest BCUT2D eigenvalue weighted by Gasteiger charge is 2.21. The van der Waals surface area contributed by atoms with Gasteiger partial charge in [0.25, 0.3) is 0 Å². The quantitative estimate of drug-likeness (QED) is 0.801. The van der Waals surface area contributed by atoms with Crippen LogP contribution in [-0.2, 0) is 11.2 Å². The summed E-state index contributed by atoms with van der Waals surface area (Å²) in [5.74, 6) is 0.967. The zero-order chi connectivity index (χ0) is 15.8. The lowest BCUT2D eigenvalue weighted by atomic mass is 9.92. The molecule has 0 spiro atoms. The predicted octanol–water partition coefficient (Wildman–Crippen LogP) is 2.56.